The van der Waals surface area contributed by atoms with E-state index in [2.05, 4.69) is 26.3 Å². The second kappa shape index (κ2) is 4.62. The van der Waals surface area contributed by atoms with Gasteiger partial charge >= 0.3 is 0 Å². The van der Waals surface area contributed by atoms with Gasteiger partial charge in [-0.15, -0.1) is 0 Å². The summed E-state index contributed by atoms with van der Waals surface area (Å²) in [5, 5.41) is 6.68. The van der Waals surface area contributed by atoms with Crippen molar-refractivity contribution in [3.8, 4) is 0 Å². The SMILES string of the molecule is Cn1ncc(CNC(=O)c2ccc(Br)o2)c1N. The van der Waals surface area contributed by atoms with Crippen LogP contribution < -0.4 is 11.1 Å². The fourth-order valence-electron chi connectivity index (χ4n) is 1.33. The van der Waals surface area contributed by atoms with Gasteiger partial charge in [0.1, 0.15) is 5.82 Å². The second-order valence-electron chi connectivity index (χ2n) is 3.47. The van der Waals surface area contributed by atoms with Crippen LogP contribution in [0.25, 0.3) is 0 Å². The number of rotatable bonds is 3. The number of nitrogens with zero attached hydrogens (tertiary/aromatic N) is 2. The van der Waals surface area contributed by atoms with Crippen molar-refractivity contribution < 1.29 is 9.21 Å². The zero-order valence-corrected chi connectivity index (χ0v) is 10.7. The molecule has 0 radical (unpaired) electrons. The molecule has 2 rings (SSSR count). The predicted octanol–water partition coefficient (Wildman–Crippen LogP) is 1.29. The first-order chi connectivity index (χ1) is 8.08. The van der Waals surface area contributed by atoms with E-state index in [1.54, 1.807) is 30.1 Å². The molecule has 0 bridgehead atoms. The molecule has 0 aliphatic heterocycles. The lowest BCUT2D eigenvalue weighted by Gasteiger charge is -2.02. The van der Waals surface area contributed by atoms with E-state index in [0.717, 1.165) is 5.56 Å². The third-order valence-corrected chi connectivity index (χ3v) is 2.73. The van der Waals surface area contributed by atoms with Crippen LogP contribution in [0.2, 0.25) is 0 Å². The van der Waals surface area contributed by atoms with Crippen LogP contribution in [0.1, 0.15) is 16.1 Å². The van der Waals surface area contributed by atoms with E-state index < -0.39 is 0 Å². The molecule has 2 aromatic heterocycles. The summed E-state index contributed by atoms with van der Waals surface area (Å²) < 4.78 is 7.19. The Hall–Kier alpha value is -1.76. The van der Waals surface area contributed by atoms with Crippen LogP contribution in [0, 0.1) is 0 Å². The van der Waals surface area contributed by atoms with Gasteiger partial charge in [0.2, 0.25) is 0 Å². The number of aryl methyl sites for hydroxylation is 1. The molecule has 90 valence electrons. The van der Waals surface area contributed by atoms with Crippen LogP contribution in [-0.2, 0) is 13.6 Å². The Bertz CT molecular complexity index is 546. The zero-order chi connectivity index (χ0) is 12.4. The van der Waals surface area contributed by atoms with E-state index in [9.17, 15) is 4.79 Å². The van der Waals surface area contributed by atoms with E-state index in [-0.39, 0.29) is 11.7 Å². The number of hydrogen-bond acceptors (Lipinski definition) is 4. The van der Waals surface area contributed by atoms with Crippen LogP contribution in [0.4, 0.5) is 5.82 Å². The molecule has 3 N–H and O–H groups in total. The average Bonchev–Trinajstić information content (AvgIpc) is 2.86. The Balaban J connectivity index is 1.99. The molecule has 0 spiro atoms. The number of nitrogens with two attached hydrogens (primary N) is 1. The second-order valence-corrected chi connectivity index (χ2v) is 4.25. The van der Waals surface area contributed by atoms with Gasteiger partial charge in [-0.25, -0.2) is 0 Å². The minimum Gasteiger partial charge on any atom is -0.444 e. The molecule has 7 heteroatoms. The summed E-state index contributed by atoms with van der Waals surface area (Å²) in [7, 11) is 1.74. The Morgan fingerprint density at radius 3 is 2.94 bits per heavy atom. The average molecular weight is 299 g/mol. The first-order valence-corrected chi connectivity index (χ1v) is 5.67. The number of nitrogen functional groups attached to an aromatic ring is 1. The standard InChI is InChI=1S/C10H11BrN4O2/c1-15-9(12)6(5-14-15)4-13-10(16)7-2-3-8(11)17-7/h2-3,5H,4,12H2,1H3,(H,13,16). The summed E-state index contributed by atoms with van der Waals surface area (Å²) in [6.07, 6.45) is 1.62. The maximum Gasteiger partial charge on any atom is 0.287 e. The number of nitrogens with one attached hydrogen (secondary N) is 1. The van der Waals surface area contributed by atoms with Crippen molar-refractivity contribution in [2.24, 2.45) is 7.05 Å². The molecule has 2 heterocycles. The Morgan fingerprint density at radius 1 is 1.65 bits per heavy atom. The normalized spacial score (nSPS) is 10.5. The van der Waals surface area contributed by atoms with E-state index in [4.69, 9.17) is 10.2 Å². The molecule has 0 aliphatic rings. The van der Waals surface area contributed by atoms with Crippen molar-refractivity contribution in [1.82, 2.24) is 15.1 Å². The maximum absolute atomic E-state index is 11.7. The van der Waals surface area contributed by atoms with Gasteiger partial charge in [0.15, 0.2) is 10.4 Å². The first-order valence-electron chi connectivity index (χ1n) is 4.88. The fourth-order valence-corrected chi connectivity index (χ4v) is 1.63. The minimum atomic E-state index is -0.293. The smallest absolute Gasteiger partial charge is 0.287 e. The molecule has 0 atom stereocenters. The van der Waals surface area contributed by atoms with E-state index in [1.807, 2.05) is 0 Å². The summed E-state index contributed by atoms with van der Waals surface area (Å²) >= 11 is 3.13. The zero-order valence-electron chi connectivity index (χ0n) is 9.11. The minimum absolute atomic E-state index is 0.249. The summed E-state index contributed by atoms with van der Waals surface area (Å²) in [5.74, 6) is 0.490. The molecule has 0 saturated heterocycles. The molecule has 0 aliphatic carbocycles. The van der Waals surface area contributed by atoms with Crippen molar-refractivity contribution >= 4 is 27.7 Å². The number of amides is 1. The number of hydrogen-bond donors (Lipinski definition) is 2. The summed E-state index contributed by atoms with van der Waals surface area (Å²) in [4.78, 5) is 11.7. The van der Waals surface area contributed by atoms with Gasteiger partial charge in [-0.1, -0.05) is 0 Å². The molecule has 0 aromatic carbocycles. The Kier molecular flexibility index (Phi) is 3.19. The molecule has 0 saturated carbocycles. The highest BCUT2D eigenvalue weighted by molar-refractivity contribution is 9.10. The van der Waals surface area contributed by atoms with E-state index >= 15 is 0 Å². The van der Waals surface area contributed by atoms with Gasteiger partial charge < -0.3 is 15.5 Å². The topological polar surface area (TPSA) is 86.1 Å². The number of furan rings is 1. The predicted molar refractivity (Wildman–Crippen MR) is 65.2 cm³/mol. The van der Waals surface area contributed by atoms with E-state index in [0.29, 0.717) is 17.0 Å². The summed E-state index contributed by atoms with van der Waals surface area (Å²) in [6.45, 7) is 0.316. The van der Waals surface area contributed by atoms with Crippen molar-refractivity contribution in [1.29, 1.82) is 0 Å². The molecule has 0 unspecified atom stereocenters. The lowest BCUT2D eigenvalue weighted by molar-refractivity contribution is 0.0922. The molecule has 6 nitrogen and oxygen atoms in total. The number of halogens is 1. The van der Waals surface area contributed by atoms with Crippen LogP contribution in [-0.4, -0.2) is 15.7 Å². The van der Waals surface area contributed by atoms with Gasteiger partial charge in [0, 0.05) is 19.2 Å². The lowest BCUT2D eigenvalue weighted by atomic mass is 10.3. The quantitative estimate of drug-likeness (QED) is 0.894. The van der Waals surface area contributed by atoms with Crippen molar-refractivity contribution in [2.45, 2.75) is 6.54 Å². The monoisotopic (exact) mass is 298 g/mol. The third kappa shape index (κ3) is 2.50. The maximum atomic E-state index is 11.7. The van der Waals surface area contributed by atoms with Crippen molar-refractivity contribution in [2.75, 3.05) is 5.73 Å². The van der Waals surface area contributed by atoms with Crippen LogP contribution in [0.3, 0.4) is 0 Å². The van der Waals surface area contributed by atoms with Crippen LogP contribution >= 0.6 is 15.9 Å². The molecule has 17 heavy (non-hydrogen) atoms. The van der Waals surface area contributed by atoms with Gasteiger partial charge in [-0.05, 0) is 28.1 Å². The highest BCUT2D eigenvalue weighted by Crippen LogP contribution is 2.14. The molecular formula is C10H11BrN4O2. The lowest BCUT2D eigenvalue weighted by Crippen LogP contribution is -2.22. The molecule has 2 aromatic rings. The largest absolute Gasteiger partial charge is 0.444 e. The fraction of sp³-hybridized carbons (Fsp3) is 0.200. The highest BCUT2D eigenvalue weighted by atomic mass is 79.9. The van der Waals surface area contributed by atoms with Gasteiger partial charge in [-0.3, -0.25) is 9.48 Å². The number of anilines is 1. The van der Waals surface area contributed by atoms with Crippen molar-refractivity contribution in [3.63, 3.8) is 0 Å². The van der Waals surface area contributed by atoms with Crippen LogP contribution in [0.15, 0.2) is 27.4 Å². The van der Waals surface area contributed by atoms with Gasteiger partial charge in [0.25, 0.3) is 5.91 Å². The number of aromatic nitrogens is 2. The third-order valence-electron chi connectivity index (χ3n) is 2.30. The van der Waals surface area contributed by atoms with Gasteiger partial charge in [0.05, 0.1) is 6.20 Å². The van der Waals surface area contributed by atoms with E-state index in [1.165, 1.54) is 0 Å². The molecule has 0 fully saturated rings. The first kappa shape index (κ1) is 11.7. The van der Waals surface area contributed by atoms with Crippen LogP contribution in [0.5, 0.6) is 0 Å². The summed E-state index contributed by atoms with van der Waals surface area (Å²) in [6, 6.07) is 3.25. The number of carbonyl (C=O) groups is 1. The molecule has 1 amide bonds. The highest BCUT2D eigenvalue weighted by Gasteiger charge is 2.11. The van der Waals surface area contributed by atoms with Crippen molar-refractivity contribution in [3.05, 3.63) is 34.3 Å². The Labute approximate surface area is 106 Å². The Morgan fingerprint density at radius 2 is 2.41 bits per heavy atom. The number of carbonyl (C=O) groups excluding carboxylic acids is 1. The van der Waals surface area contributed by atoms with Gasteiger partial charge in [-0.2, -0.15) is 5.10 Å². The summed E-state index contributed by atoms with van der Waals surface area (Å²) in [5.41, 5.74) is 6.52. The molecular weight excluding hydrogens is 288 g/mol.